The van der Waals surface area contributed by atoms with Gasteiger partial charge in [-0.05, 0) is 69.7 Å². The first kappa shape index (κ1) is 63.5. The predicted molar refractivity (Wildman–Crippen MR) is 189 cm³/mol. The third kappa shape index (κ3) is 78.8. The van der Waals surface area contributed by atoms with Crippen molar-refractivity contribution < 1.29 is 52.2 Å². The third-order valence-corrected chi connectivity index (χ3v) is 6.60. The van der Waals surface area contributed by atoms with Crippen molar-refractivity contribution >= 4 is 27.3 Å². The van der Waals surface area contributed by atoms with Gasteiger partial charge in [-0.1, -0.05) is 35.1 Å². The van der Waals surface area contributed by atoms with E-state index in [0.717, 1.165) is 0 Å². The summed E-state index contributed by atoms with van der Waals surface area (Å²) in [5, 5.41) is 16.4. The van der Waals surface area contributed by atoms with E-state index in [9.17, 15) is 18.7 Å². The maximum atomic E-state index is 11.2. The summed E-state index contributed by atoms with van der Waals surface area (Å²) in [5.74, 6) is -0.333. The average Bonchev–Trinajstić information content (AvgIpc) is 2.86. The van der Waals surface area contributed by atoms with Crippen LogP contribution in [0.5, 0.6) is 0 Å². The van der Waals surface area contributed by atoms with Gasteiger partial charge in [0.15, 0.2) is 0 Å². The van der Waals surface area contributed by atoms with E-state index in [4.69, 9.17) is 45.5 Å². The topological polar surface area (TPSA) is 265 Å². The fourth-order valence-corrected chi connectivity index (χ4v) is 2.97. The minimum atomic E-state index is -2.99. The van der Waals surface area contributed by atoms with Crippen LogP contribution in [0.1, 0.15) is 83.6 Å². The van der Waals surface area contributed by atoms with Crippen molar-refractivity contribution in [2.45, 2.75) is 102 Å². The number of aliphatic hydroxyl groups excluding tert-OH is 2. The molecule has 19 heteroatoms. The van der Waals surface area contributed by atoms with Gasteiger partial charge in [-0.3, -0.25) is 13.9 Å². The molecule has 2 unspecified atom stereocenters. The SMILES string of the molecule is C.CC.CC.CC(C)O.CC(C)OP(N)(=O)N(C)C.CC(C)OP(N)(=O)N(C)C.CC(N)=O.NC(=O)OCCOCCOCCO. The van der Waals surface area contributed by atoms with E-state index in [1.54, 1.807) is 69.7 Å². The predicted octanol–water partition coefficient (Wildman–Crippen LogP) is 3.75. The van der Waals surface area contributed by atoms with Crippen molar-refractivity contribution in [3.63, 3.8) is 0 Å². The van der Waals surface area contributed by atoms with Gasteiger partial charge in [0.1, 0.15) is 6.61 Å². The van der Waals surface area contributed by atoms with E-state index in [0.29, 0.717) is 26.4 Å². The highest BCUT2D eigenvalue weighted by molar-refractivity contribution is 7.54. The highest BCUT2D eigenvalue weighted by atomic mass is 31.2. The number of carbonyl (C=O) groups excluding carboxylic acids is 2. The fraction of sp³-hybridized carbons (Fsp3) is 0.926. The molecule has 17 nitrogen and oxygen atoms in total. The summed E-state index contributed by atoms with van der Waals surface area (Å²) in [4.78, 5) is 19.3. The number of nitrogens with zero attached hydrogens (tertiary/aromatic N) is 2. The van der Waals surface area contributed by atoms with E-state index in [2.05, 4.69) is 10.5 Å². The van der Waals surface area contributed by atoms with Crippen LogP contribution in [0.2, 0.25) is 0 Å². The largest absolute Gasteiger partial charge is 0.447 e. The molecule has 0 heterocycles. The van der Waals surface area contributed by atoms with Crippen LogP contribution in [0.4, 0.5) is 4.79 Å². The number of ether oxygens (including phenoxy) is 3. The summed E-state index contributed by atoms with van der Waals surface area (Å²) in [6.45, 7) is 21.5. The van der Waals surface area contributed by atoms with Crippen LogP contribution < -0.4 is 22.5 Å². The lowest BCUT2D eigenvalue weighted by molar-refractivity contribution is -0.115. The molecule has 10 N–H and O–H groups in total. The van der Waals surface area contributed by atoms with Crippen LogP contribution in [0, 0.1) is 0 Å². The smallest absolute Gasteiger partial charge is 0.404 e. The molecule has 0 saturated heterocycles. The molecule has 0 fully saturated rings. The first-order valence-corrected chi connectivity index (χ1v) is 17.9. The zero-order valence-corrected chi connectivity index (χ0v) is 32.4. The minimum Gasteiger partial charge on any atom is -0.447 e. The van der Waals surface area contributed by atoms with E-state index in [-0.39, 0.29) is 44.9 Å². The highest BCUT2D eigenvalue weighted by Crippen LogP contribution is 2.41. The zero-order valence-electron chi connectivity index (χ0n) is 30.6. The lowest BCUT2D eigenvalue weighted by Gasteiger charge is -2.21. The number of amides is 2. The Morgan fingerprint density at radius 3 is 1.11 bits per heavy atom. The minimum absolute atomic E-state index is 0. The van der Waals surface area contributed by atoms with Gasteiger partial charge in [0.05, 0.1) is 45.2 Å². The highest BCUT2D eigenvalue weighted by Gasteiger charge is 2.21. The lowest BCUT2D eigenvalue weighted by atomic mass is 10.5. The molecule has 0 aliphatic carbocycles. The van der Waals surface area contributed by atoms with Gasteiger partial charge >= 0.3 is 21.4 Å². The molecule has 288 valence electrons. The Kier molecular flexibility index (Phi) is 60.4. The van der Waals surface area contributed by atoms with Crippen molar-refractivity contribution in [3.8, 4) is 0 Å². The molecule has 0 aromatic rings. The summed E-state index contributed by atoms with van der Waals surface area (Å²) in [5.41, 5.74) is 19.8. The van der Waals surface area contributed by atoms with Gasteiger partial charge in [-0.25, -0.2) is 25.1 Å². The number of hydrogen-bond acceptors (Lipinski definition) is 11. The van der Waals surface area contributed by atoms with Gasteiger partial charge in [0.2, 0.25) is 5.91 Å². The van der Waals surface area contributed by atoms with Gasteiger partial charge < -0.3 is 44.9 Å². The summed E-state index contributed by atoms with van der Waals surface area (Å²) >= 11 is 0. The molecule has 0 aliphatic heterocycles. The van der Waals surface area contributed by atoms with E-state index in [1.807, 2.05) is 27.7 Å². The number of carbonyl (C=O) groups is 2. The molecule has 0 aromatic carbocycles. The average molecular weight is 721 g/mol. The maximum Gasteiger partial charge on any atom is 0.404 e. The fourth-order valence-electron chi connectivity index (χ4n) is 1.38. The van der Waals surface area contributed by atoms with Crippen LogP contribution in [-0.4, -0.2) is 118 Å². The number of hydrogen-bond donors (Lipinski definition) is 6. The monoisotopic (exact) mass is 720 g/mol. The molecule has 0 bridgehead atoms. The summed E-state index contributed by atoms with van der Waals surface area (Å²) in [6.07, 6.45) is -1.17. The van der Waals surface area contributed by atoms with Crippen LogP contribution in [-0.2, 0) is 37.2 Å². The molecule has 46 heavy (non-hydrogen) atoms. The standard InChI is InChI=1S/C7H15NO5.2C5H15N2O2P.C3H8O.C2H5NO.2C2H6.CH4/c8-7(10)13-6-5-12-4-3-11-2-1-9;2*1-5(2)9-10(6,8)7(3)4;1-3(2)4;1-2(3)4;2*1-2;/h9H,1-6H2,(H2,8,10);2*5H,1-4H3,(H2,6,8);3-4H,1-2H3;1H3,(H2,3,4);2*1-2H3;1H4. The van der Waals surface area contributed by atoms with Crippen molar-refractivity contribution in [1.82, 2.24) is 9.34 Å². The van der Waals surface area contributed by atoms with Gasteiger partial charge in [-0.15, -0.1) is 0 Å². The van der Waals surface area contributed by atoms with Gasteiger partial charge in [0.25, 0.3) is 0 Å². The molecule has 0 aliphatic rings. The normalized spacial score (nSPS) is 12.2. The molecule has 0 saturated carbocycles. The Bertz CT molecular complexity index is 679. The maximum absolute atomic E-state index is 11.2. The Labute approximate surface area is 281 Å². The van der Waals surface area contributed by atoms with Gasteiger partial charge in [0, 0.05) is 13.0 Å². The molecule has 2 amide bonds. The zero-order chi connectivity index (χ0) is 37.8. The summed E-state index contributed by atoms with van der Waals surface area (Å²) in [7, 11) is 0.538. The molecule has 0 aromatic heterocycles. The second-order valence-electron chi connectivity index (χ2n) is 8.95. The van der Waals surface area contributed by atoms with E-state index >= 15 is 0 Å². The van der Waals surface area contributed by atoms with Gasteiger partial charge in [-0.2, -0.15) is 0 Å². The van der Waals surface area contributed by atoms with Crippen molar-refractivity contribution in [3.05, 3.63) is 0 Å². The Morgan fingerprint density at radius 1 is 0.696 bits per heavy atom. The second-order valence-corrected chi connectivity index (χ2v) is 13.2. The third-order valence-electron chi connectivity index (χ3n) is 2.92. The quantitative estimate of drug-likeness (QED) is 0.110. The molecular weight excluding hydrogens is 646 g/mol. The van der Waals surface area contributed by atoms with Crippen LogP contribution in [0.15, 0.2) is 0 Å². The number of aliphatic hydroxyl groups is 2. The number of rotatable bonds is 14. The Hall–Kier alpha value is -1.20. The van der Waals surface area contributed by atoms with E-state index < -0.39 is 21.4 Å². The van der Waals surface area contributed by atoms with Crippen LogP contribution in [0.25, 0.3) is 0 Å². The summed E-state index contributed by atoms with van der Waals surface area (Å²) in [6, 6.07) is 0. The van der Waals surface area contributed by atoms with Crippen molar-refractivity contribution in [2.75, 3.05) is 67.8 Å². The Morgan fingerprint density at radius 2 is 0.935 bits per heavy atom. The molecule has 0 spiro atoms. The van der Waals surface area contributed by atoms with Crippen molar-refractivity contribution in [2.24, 2.45) is 22.5 Å². The molecule has 2 atom stereocenters. The lowest BCUT2D eigenvalue weighted by Crippen LogP contribution is -2.19. The molecular formula is C27H74N6O11P2. The van der Waals surface area contributed by atoms with Crippen molar-refractivity contribution in [1.29, 1.82) is 0 Å². The first-order chi connectivity index (χ1) is 20.5. The number of nitrogens with two attached hydrogens (primary N) is 4. The van der Waals surface area contributed by atoms with Crippen LogP contribution in [0.3, 0.4) is 0 Å². The molecule has 0 radical (unpaired) electrons. The Balaban J connectivity index is -0.0000000666. The number of primary amides is 2. The second kappa shape index (κ2) is 43.8. The first-order valence-electron chi connectivity index (χ1n) is 14.6. The summed E-state index contributed by atoms with van der Waals surface area (Å²) < 4.78 is 49.4. The van der Waals surface area contributed by atoms with Crippen LogP contribution >= 0.6 is 15.3 Å². The van der Waals surface area contributed by atoms with E-state index in [1.165, 1.54) is 16.3 Å². The molecule has 0 rings (SSSR count).